The molecule has 0 radical (unpaired) electrons. The fraction of sp³-hybridized carbons (Fsp3) is 0.222. The van der Waals surface area contributed by atoms with Crippen LogP contribution < -0.4 is 3.11 Å². The number of rotatable bonds is 1. The minimum absolute atomic E-state index is 0.258. The maximum absolute atomic E-state index is 4.54. The van der Waals surface area contributed by atoms with Crippen LogP contribution in [0, 0.1) is 0 Å². The molecule has 2 heterocycles. The third-order valence-electron chi connectivity index (χ3n) is 4.19. The summed E-state index contributed by atoms with van der Waals surface area (Å²) in [4.78, 5) is 0. The summed E-state index contributed by atoms with van der Waals surface area (Å²) in [5.41, 5.74) is 6.91. The Hall–Kier alpha value is -1.89. The van der Waals surface area contributed by atoms with Crippen molar-refractivity contribution >= 4 is 28.6 Å². The van der Waals surface area contributed by atoms with Gasteiger partial charge in [0, 0.05) is 17.2 Å². The van der Waals surface area contributed by atoms with Gasteiger partial charge in [0.15, 0.2) is 0 Å². The molecule has 0 unspecified atom stereocenters. The van der Waals surface area contributed by atoms with Gasteiger partial charge in [-0.05, 0) is 25.5 Å². The van der Waals surface area contributed by atoms with Crippen molar-refractivity contribution in [3.05, 3.63) is 54.1 Å². The van der Waals surface area contributed by atoms with E-state index in [1.165, 1.54) is 22.4 Å². The maximum atomic E-state index is 4.54. The van der Waals surface area contributed by atoms with Crippen molar-refractivity contribution in [3.63, 3.8) is 0 Å². The van der Waals surface area contributed by atoms with Crippen LogP contribution in [0.1, 0.15) is 25.5 Å². The molecule has 1 aliphatic rings. The van der Waals surface area contributed by atoms with Gasteiger partial charge in [-0.2, -0.15) is 0 Å². The van der Waals surface area contributed by atoms with Crippen LogP contribution >= 0.6 is 22.9 Å². The predicted molar refractivity (Wildman–Crippen MR) is 101 cm³/mol. The highest BCUT2D eigenvalue weighted by molar-refractivity contribution is 14.1. The Bertz CT molecular complexity index is 869. The summed E-state index contributed by atoms with van der Waals surface area (Å²) >= 11 is 2.40. The quantitative estimate of drug-likeness (QED) is 0.420. The van der Waals surface area contributed by atoms with Crippen LogP contribution in [0.15, 0.2) is 48.5 Å². The van der Waals surface area contributed by atoms with Gasteiger partial charge in [0.25, 0.3) is 0 Å². The number of aromatic nitrogens is 3. The minimum atomic E-state index is 0.258. The predicted octanol–water partition coefficient (Wildman–Crippen LogP) is 4.86. The van der Waals surface area contributed by atoms with E-state index >= 15 is 0 Å². The zero-order valence-corrected chi connectivity index (χ0v) is 15.2. The number of fused-ring (bicyclic) bond motifs is 5. The lowest BCUT2D eigenvalue weighted by Gasteiger charge is -2.25. The molecule has 4 rings (SSSR count). The highest BCUT2D eigenvalue weighted by Gasteiger charge is 2.26. The molecule has 3 aromatic rings. The molecule has 0 saturated heterocycles. The number of hydrogen-bond acceptors (Lipinski definition) is 3. The van der Waals surface area contributed by atoms with Crippen molar-refractivity contribution < 1.29 is 0 Å². The van der Waals surface area contributed by atoms with Gasteiger partial charge in [0.05, 0.1) is 40.8 Å². The van der Waals surface area contributed by atoms with Crippen LogP contribution in [0.5, 0.6) is 0 Å². The summed E-state index contributed by atoms with van der Waals surface area (Å²) in [6, 6.07) is 17.2. The van der Waals surface area contributed by atoms with Gasteiger partial charge in [-0.25, -0.2) is 4.68 Å². The lowest BCUT2D eigenvalue weighted by atomic mass is 9.96. The number of nitrogens with zero attached hydrogens (tertiary/aromatic N) is 4. The molecule has 0 atom stereocenters. The van der Waals surface area contributed by atoms with Crippen molar-refractivity contribution in [2.24, 2.45) is 0 Å². The molecule has 23 heavy (non-hydrogen) atoms. The topological polar surface area (TPSA) is 34.0 Å². The number of benzene rings is 2. The summed E-state index contributed by atoms with van der Waals surface area (Å²) in [6.07, 6.45) is 0. The van der Waals surface area contributed by atoms with Crippen molar-refractivity contribution in [1.82, 2.24) is 15.0 Å². The number of anilines is 1. The molecule has 0 aliphatic carbocycles. The van der Waals surface area contributed by atoms with E-state index in [0.29, 0.717) is 0 Å². The van der Waals surface area contributed by atoms with Crippen LogP contribution in [-0.4, -0.2) is 15.0 Å². The SMILES string of the molecule is CC(C)n1nnc2c1-c1ccccc1N(I)Cc1ccccc1-2. The third kappa shape index (κ3) is 2.34. The number of halogens is 1. The second kappa shape index (κ2) is 5.63. The number of hydrogen-bond donors (Lipinski definition) is 0. The molecule has 0 bridgehead atoms. The molecule has 1 aliphatic heterocycles. The highest BCUT2D eigenvalue weighted by Crippen LogP contribution is 2.42. The van der Waals surface area contributed by atoms with Crippen molar-refractivity contribution in [2.45, 2.75) is 26.4 Å². The van der Waals surface area contributed by atoms with E-state index in [1.54, 1.807) is 0 Å². The molecule has 0 fully saturated rings. The van der Waals surface area contributed by atoms with Gasteiger partial charge in [0.2, 0.25) is 0 Å². The van der Waals surface area contributed by atoms with Gasteiger partial charge in [-0.15, -0.1) is 5.10 Å². The standard InChI is InChI=1S/C18H17IN4/c1-12(2)23-18-15-9-5-6-10-16(15)22(19)11-13-7-3-4-8-14(13)17(18)20-21-23/h3-10,12H,11H2,1-2H3. The average Bonchev–Trinajstić information content (AvgIpc) is 2.98. The van der Waals surface area contributed by atoms with E-state index in [1.807, 2.05) is 4.68 Å². The molecule has 0 spiro atoms. The molecule has 0 amide bonds. The Morgan fingerprint density at radius 2 is 1.70 bits per heavy atom. The summed E-state index contributed by atoms with van der Waals surface area (Å²) in [5.74, 6) is 0. The van der Waals surface area contributed by atoms with Gasteiger partial charge < -0.3 is 3.11 Å². The summed E-state index contributed by atoms with van der Waals surface area (Å²) < 4.78 is 4.30. The molecule has 116 valence electrons. The lowest BCUT2D eigenvalue weighted by Crippen LogP contribution is -2.14. The first kappa shape index (κ1) is 14.7. The van der Waals surface area contributed by atoms with Crippen LogP contribution in [0.3, 0.4) is 0 Å². The first-order chi connectivity index (χ1) is 11.2. The van der Waals surface area contributed by atoms with Gasteiger partial charge in [-0.1, -0.05) is 47.7 Å². The second-order valence-electron chi connectivity index (χ2n) is 6.02. The first-order valence-electron chi connectivity index (χ1n) is 7.73. The van der Waals surface area contributed by atoms with E-state index in [9.17, 15) is 0 Å². The van der Waals surface area contributed by atoms with Crippen LogP contribution in [0.25, 0.3) is 22.5 Å². The van der Waals surface area contributed by atoms with Crippen LogP contribution in [0.2, 0.25) is 0 Å². The molecule has 0 N–H and O–H groups in total. The summed E-state index contributed by atoms with van der Waals surface area (Å²) in [6.45, 7) is 5.13. The van der Waals surface area contributed by atoms with Crippen LogP contribution in [0.4, 0.5) is 5.69 Å². The number of para-hydroxylation sites is 1. The van der Waals surface area contributed by atoms with Crippen molar-refractivity contribution in [2.75, 3.05) is 3.11 Å². The largest absolute Gasteiger partial charge is 0.310 e. The Labute approximate surface area is 149 Å². The Morgan fingerprint density at radius 3 is 2.48 bits per heavy atom. The van der Waals surface area contributed by atoms with Gasteiger partial charge in [-0.3, -0.25) is 0 Å². The van der Waals surface area contributed by atoms with Crippen molar-refractivity contribution in [3.8, 4) is 22.5 Å². The van der Waals surface area contributed by atoms with Crippen molar-refractivity contribution in [1.29, 1.82) is 0 Å². The van der Waals surface area contributed by atoms with E-state index in [-0.39, 0.29) is 6.04 Å². The fourth-order valence-electron chi connectivity index (χ4n) is 3.10. The Balaban J connectivity index is 2.10. The summed E-state index contributed by atoms with van der Waals surface area (Å²) in [5, 5.41) is 8.99. The zero-order chi connectivity index (χ0) is 16.0. The first-order valence-corrected chi connectivity index (χ1v) is 8.69. The van der Waals surface area contributed by atoms with Gasteiger partial charge in [0.1, 0.15) is 5.69 Å². The molecule has 4 nitrogen and oxygen atoms in total. The molecule has 0 saturated carbocycles. The molecule has 5 heteroatoms. The van der Waals surface area contributed by atoms with E-state index in [4.69, 9.17) is 0 Å². The average molecular weight is 416 g/mol. The fourth-order valence-corrected chi connectivity index (χ4v) is 3.88. The van der Waals surface area contributed by atoms with Gasteiger partial charge >= 0.3 is 0 Å². The van der Waals surface area contributed by atoms with E-state index < -0.39 is 0 Å². The Morgan fingerprint density at radius 1 is 1.00 bits per heavy atom. The second-order valence-corrected chi connectivity index (χ2v) is 7.18. The highest BCUT2D eigenvalue weighted by atomic mass is 127. The molecular formula is C18H17IN4. The molecular weight excluding hydrogens is 399 g/mol. The molecule has 1 aromatic heterocycles. The normalized spacial score (nSPS) is 13.1. The van der Waals surface area contributed by atoms with E-state index in [2.05, 4.69) is 98.7 Å². The third-order valence-corrected chi connectivity index (χ3v) is 5.05. The maximum Gasteiger partial charge on any atom is 0.121 e. The monoisotopic (exact) mass is 416 g/mol. The Kier molecular flexibility index (Phi) is 3.60. The zero-order valence-electron chi connectivity index (χ0n) is 13.1. The van der Waals surface area contributed by atoms with Crippen LogP contribution in [-0.2, 0) is 6.54 Å². The van der Waals surface area contributed by atoms with E-state index in [0.717, 1.165) is 17.9 Å². The molecule has 2 aromatic carbocycles. The summed E-state index contributed by atoms with van der Waals surface area (Å²) in [7, 11) is 0. The minimum Gasteiger partial charge on any atom is -0.310 e. The smallest absolute Gasteiger partial charge is 0.121 e. The lowest BCUT2D eigenvalue weighted by molar-refractivity contribution is 0.519.